The van der Waals surface area contributed by atoms with Gasteiger partial charge in [0.1, 0.15) is 0 Å². The summed E-state index contributed by atoms with van der Waals surface area (Å²) < 4.78 is 12.2. The van der Waals surface area contributed by atoms with Crippen LogP contribution in [0.1, 0.15) is 38.7 Å². The summed E-state index contributed by atoms with van der Waals surface area (Å²) in [5, 5.41) is 7.48. The van der Waals surface area contributed by atoms with Gasteiger partial charge in [0.25, 0.3) is 0 Å². The first-order valence-corrected chi connectivity index (χ1v) is 11.8. The molecule has 172 valence electrons. The zero-order valence-electron chi connectivity index (χ0n) is 17.7. The molecule has 10 heteroatoms. The Morgan fingerprint density at radius 2 is 1.75 bits per heavy atom. The van der Waals surface area contributed by atoms with E-state index in [0.29, 0.717) is 46.9 Å². The maximum Gasteiger partial charge on any atom is 0.240 e. The van der Waals surface area contributed by atoms with Crippen LogP contribution in [0.25, 0.3) is 0 Å². The van der Waals surface area contributed by atoms with Gasteiger partial charge in [-0.3, -0.25) is 9.59 Å². The highest BCUT2D eigenvalue weighted by atomic mass is 127. The Bertz CT molecular complexity index is 986. The van der Waals surface area contributed by atoms with Gasteiger partial charge in [-0.15, -0.1) is 0 Å². The molecule has 0 atom stereocenters. The molecule has 0 fully saturated rings. The van der Waals surface area contributed by atoms with Gasteiger partial charge in [0, 0.05) is 18.5 Å². The van der Waals surface area contributed by atoms with Crippen LogP contribution in [0.2, 0.25) is 10.0 Å². The monoisotopic (exact) mass is 591 g/mol. The minimum atomic E-state index is -0.283. The molecule has 2 N–H and O–H groups in total. The summed E-state index contributed by atoms with van der Waals surface area (Å²) in [6.07, 6.45) is 2.27. The summed E-state index contributed by atoms with van der Waals surface area (Å²) in [6, 6.07) is 8.53. The van der Waals surface area contributed by atoms with Crippen molar-refractivity contribution in [1.29, 1.82) is 0 Å². The second kappa shape index (κ2) is 13.5. The Labute approximate surface area is 211 Å². The first-order valence-electron chi connectivity index (χ1n) is 10.00. The van der Waals surface area contributed by atoms with E-state index in [9.17, 15) is 9.59 Å². The molecule has 0 aromatic heterocycles. The van der Waals surface area contributed by atoms with Gasteiger partial charge >= 0.3 is 0 Å². The fourth-order valence-electron chi connectivity index (χ4n) is 2.65. The highest BCUT2D eigenvalue weighted by molar-refractivity contribution is 14.1. The molecule has 7 nitrogen and oxygen atoms in total. The van der Waals surface area contributed by atoms with Crippen molar-refractivity contribution in [1.82, 2.24) is 5.43 Å². The van der Waals surface area contributed by atoms with E-state index in [1.165, 1.54) is 6.21 Å². The maximum atomic E-state index is 12.0. The number of nitrogens with one attached hydrogen (secondary N) is 2. The van der Waals surface area contributed by atoms with Gasteiger partial charge < -0.3 is 14.8 Å². The molecule has 0 saturated heterocycles. The third kappa shape index (κ3) is 8.48. The zero-order valence-corrected chi connectivity index (χ0v) is 21.4. The summed E-state index contributed by atoms with van der Waals surface area (Å²) in [5.41, 5.74) is 3.79. The van der Waals surface area contributed by atoms with Gasteiger partial charge in [0.05, 0.1) is 33.0 Å². The van der Waals surface area contributed by atoms with Crippen molar-refractivity contribution in [3.05, 3.63) is 49.5 Å². The molecule has 0 bridgehead atoms. The van der Waals surface area contributed by atoms with Crippen molar-refractivity contribution in [3.63, 3.8) is 0 Å². The molecule has 2 amide bonds. The van der Waals surface area contributed by atoms with Gasteiger partial charge in [0.15, 0.2) is 11.5 Å². The van der Waals surface area contributed by atoms with E-state index in [-0.39, 0.29) is 24.7 Å². The topological polar surface area (TPSA) is 89.0 Å². The van der Waals surface area contributed by atoms with Gasteiger partial charge in [-0.2, -0.15) is 5.10 Å². The molecule has 0 aliphatic carbocycles. The highest BCUT2D eigenvalue weighted by Gasteiger charge is 2.11. The molecule has 0 spiro atoms. The first-order chi connectivity index (χ1) is 15.3. The molecule has 0 aliphatic rings. The molecule has 2 aromatic carbocycles. The maximum absolute atomic E-state index is 12.0. The number of rotatable bonds is 11. The summed E-state index contributed by atoms with van der Waals surface area (Å²) in [4.78, 5) is 24.0. The Morgan fingerprint density at radius 3 is 2.44 bits per heavy atom. The van der Waals surface area contributed by atoms with Gasteiger partial charge in [-0.05, 0) is 78.8 Å². The number of nitrogens with zero attached hydrogens (tertiary/aromatic N) is 1. The lowest BCUT2D eigenvalue weighted by Crippen LogP contribution is -2.18. The van der Waals surface area contributed by atoms with E-state index in [0.717, 1.165) is 9.13 Å². The molecule has 32 heavy (non-hydrogen) atoms. The van der Waals surface area contributed by atoms with Crippen molar-refractivity contribution >= 4 is 69.5 Å². The van der Waals surface area contributed by atoms with Crippen LogP contribution in [0.3, 0.4) is 0 Å². The summed E-state index contributed by atoms with van der Waals surface area (Å²) in [6.45, 7) is 4.85. The predicted molar refractivity (Wildman–Crippen MR) is 136 cm³/mol. The van der Waals surface area contributed by atoms with Crippen molar-refractivity contribution in [2.45, 2.75) is 33.1 Å². The van der Waals surface area contributed by atoms with Crippen LogP contribution in [0.4, 0.5) is 5.69 Å². The lowest BCUT2D eigenvalue weighted by atomic mass is 10.2. The second-order valence-electron chi connectivity index (χ2n) is 6.52. The van der Waals surface area contributed by atoms with E-state index in [2.05, 4.69) is 38.4 Å². The normalized spacial score (nSPS) is 10.8. The lowest BCUT2D eigenvalue weighted by molar-refractivity contribution is -0.121. The number of carbonyl (C=O) groups is 2. The summed E-state index contributed by atoms with van der Waals surface area (Å²) >= 11 is 13.9. The highest BCUT2D eigenvalue weighted by Crippen LogP contribution is 2.33. The Balaban J connectivity index is 1.81. The minimum absolute atomic E-state index is 0.164. The fraction of sp³-hybridized carbons (Fsp3) is 0.318. The largest absolute Gasteiger partial charge is 0.490 e. The molecule has 0 saturated carbocycles. The van der Waals surface area contributed by atoms with Crippen molar-refractivity contribution in [2.24, 2.45) is 5.10 Å². The smallest absolute Gasteiger partial charge is 0.240 e. The fourth-order valence-corrected chi connectivity index (χ4v) is 3.73. The van der Waals surface area contributed by atoms with Crippen LogP contribution in [-0.2, 0) is 9.59 Å². The average molecular weight is 592 g/mol. The number of halogens is 3. The van der Waals surface area contributed by atoms with Crippen molar-refractivity contribution in [2.75, 3.05) is 18.5 Å². The quantitative estimate of drug-likeness (QED) is 0.201. The van der Waals surface area contributed by atoms with E-state index in [4.69, 9.17) is 32.7 Å². The van der Waals surface area contributed by atoms with Crippen LogP contribution < -0.4 is 20.2 Å². The number of hydrogen-bond acceptors (Lipinski definition) is 5. The zero-order chi connectivity index (χ0) is 23.5. The number of amides is 2. The van der Waals surface area contributed by atoms with E-state index < -0.39 is 0 Å². The van der Waals surface area contributed by atoms with Crippen LogP contribution in [0.5, 0.6) is 11.5 Å². The van der Waals surface area contributed by atoms with Crippen molar-refractivity contribution < 1.29 is 19.1 Å². The molecule has 0 unspecified atom stereocenters. The third-order valence-electron chi connectivity index (χ3n) is 4.03. The van der Waals surface area contributed by atoms with Crippen LogP contribution in [0, 0.1) is 3.57 Å². The Kier molecular flexibility index (Phi) is 11.1. The standard InChI is InChI=1S/C22H24Cl2IN3O4/c1-3-31-19-11-14(10-18(25)22(19)32-4-2)13-26-28-21(30)7-5-6-20(29)27-15-8-9-16(23)17(24)12-15/h8-13H,3-7H2,1-2H3,(H,27,29)(H,28,30)/b26-13-. The summed E-state index contributed by atoms with van der Waals surface area (Å²) in [5.74, 6) is 0.818. The molecule has 0 radical (unpaired) electrons. The molecular formula is C22H24Cl2IN3O4. The number of anilines is 1. The Hall–Kier alpha value is -2.04. The van der Waals surface area contributed by atoms with Gasteiger partial charge in [0.2, 0.25) is 11.8 Å². The van der Waals surface area contributed by atoms with Crippen molar-refractivity contribution in [3.8, 4) is 11.5 Å². The number of ether oxygens (including phenoxy) is 2. The number of hydrazone groups is 1. The minimum Gasteiger partial charge on any atom is -0.490 e. The number of hydrogen-bond donors (Lipinski definition) is 2. The second-order valence-corrected chi connectivity index (χ2v) is 8.50. The van der Waals surface area contributed by atoms with Crippen LogP contribution in [-0.4, -0.2) is 31.2 Å². The number of carbonyl (C=O) groups excluding carboxylic acids is 2. The van der Waals surface area contributed by atoms with Crippen LogP contribution in [0.15, 0.2) is 35.4 Å². The molecular weight excluding hydrogens is 568 g/mol. The third-order valence-corrected chi connectivity index (χ3v) is 5.57. The average Bonchev–Trinajstić information content (AvgIpc) is 2.73. The van der Waals surface area contributed by atoms with E-state index >= 15 is 0 Å². The van der Waals surface area contributed by atoms with E-state index in [1.807, 2.05) is 19.9 Å². The lowest BCUT2D eigenvalue weighted by Gasteiger charge is -2.13. The van der Waals surface area contributed by atoms with E-state index in [1.54, 1.807) is 24.3 Å². The molecule has 2 aromatic rings. The SMILES string of the molecule is CCOc1cc(/C=N\NC(=O)CCCC(=O)Nc2ccc(Cl)c(Cl)c2)cc(I)c1OCC. The predicted octanol–water partition coefficient (Wildman–Crippen LogP) is 5.65. The summed E-state index contributed by atoms with van der Waals surface area (Å²) in [7, 11) is 0. The molecule has 0 heterocycles. The van der Waals surface area contributed by atoms with Crippen LogP contribution >= 0.6 is 45.8 Å². The molecule has 0 aliphatic heterocycles. The molecule has 2 rings (SSSR count). The first kappa shape index (κ1) is 26.2. The van der Waals surface area contributed by atoms with Gasteiger partial charge in [-0.1, -0.05) is 23.2 Å². The number of benzene rings is 2. The Morgan fingerprint density at radius 1 is 1.03 bits per heavy atom. The van der Waals surface area contributed by atoms with Gasteiger partial charge in [-0.25, -0.2) is 5.43 Å².